The van der Waals surface area contributed by atoms with Crippen molar-refractivity contribution in [2.45, 2.75) is 19.8 Å². The molecule has 2 atom stereocenters. The van der Waals surface area contributed by atoms with Crippen molar-refractivity contribution in [2.24, 2.45) is 0 Å². The number of rotatable bonds is 6. The predicted molar refractivity (Wildman–Crippen MR) is 183 cm³/mol. The van der Waals surface area contributed by atoms with Gasteiger partial charge in [-0.05, 0) is 60.9 Å². The molecule has 0 amide bonds. The minimum Gasteiger partial charge on any atom is -0.456 e. The molecule has 0 saturated heterocycles. The van der Waals surface area contributed by atoms with Crippen LogP contribution in [0.15, 0.2) is 152 Å². The molecule has 1 aliphatic heterocycles. The fraction of sp³-hybridized carbons (Fsp3) is 0.0769. The highest BCUT2D eigenvalue weighted by Gasteiger charge is 2.31. The van der Waals surface area contributed by atoms with Crippen molar-refractivity contribution in [1.82, 2.24) is 0 Å². The van der Waals surface area contributed by atoms with Crippen molar-refractivity contribution in [3.8, 4) is 11.5 Å². The van der Waals surface area contributed by atoms with E-state index in [-0.39, 0.29) is 5.92 Å². The van der Waals surface area contributed by atoms with Crippen LogP contribution in [0.3, 0.4) is 0 Å². The lowest BCUT2D eigenvalue weighted by atomic mass is 9.90. The van der Waals surface area contributed by atoms with Gasteiger partial charge in [0.15, 0.2) is 0 Å². The van der Waals surface area contributed by atoms with Crippen molar-refractivity contribution in [3.63, 3.8) is 0 Å². The summed E-state index contributed by atoms with van der Waals surface area (Å²) >= 11 is 0. The molecule has 6 aromatic carbocycles. The number of ether oxygens (including phenoxy) is 1. The van der Waals surface area contributed by atoms with E-state index in [0.717, 1.165) is 11.5 Å². The summed E-state index contributed by atoms with van der Waals surface area (Å²) in [6, 6.07) is 55.2. The van der Waals surface area contributed by atoms with E-state index in [4.69, 9.17) is 4.74 Å². The number of fused-ring (bicyclic) bond motifs is 2. The summed E-state index contributed by atoms with van der Waals surface area (Å²) in [5.74, 6) is 2.24. The van der Waals surface area contributed by atoms with Gasteiger partial charge in [0.25, 0.3) is 0 Å². The van der Waals surface area contributed by atoms with Crippen LogP contribution in [0, 0.1) is 6.92 Å². The molecule has 42 heavy (non-hydrogen) atoms. The Hall–Kier alpha value is -4.02. The summed E-state index contributed by atoms with van der Waals surface area (Å²) in [6.45, 7) is 4.54. The summed E-state index contributed by atoms with van der Waals surface area (Å²) in [7, 11) is -1.52. The van der Waals surface area contributed by atoms with Gasteiger partial charge in [0.05, 0.1) is 0 Å². The van der Waals surface area contributed by atoms with Gasteiger partial charge in [-0.25, -0.2) is 0 Å². The van der Waals surface area contributed by atoms with E-state index < -0.39 is 15.8 Å². The summed E-state index contributed by atoms with van der Waals surface area (Å²) in [5, 5.41) is 7.98. The molecule has 204 valence electrons. The zero-order valence-electron chi connectivity index (χ0n) is 23.8. The van der Waals surface area contributed by atoms with Crippen LogP contribution in [-0.2, 0) is 0 Å². The van der Waals surface area contributed by atoms with Gasteiger partial charge in [0, 0.05) is 22.3 Å². The van der Waals surface area contributed by atoms with Crippen LogP contribution in [0.4, 0.5) is 0 Å². The molecular weight excluding hydrogens is 546 g/mol. The third-order valence-corrected chi connectivity index (χ3v) is 13.1. The van der Waals surface area contributed by atoms with Gasteiger partial charge in [-0.1, -0.05) is 153 Å². The number of aryl methyl sites for hydroxylation is 1. The Kier molecular flexibility index (Phi) is 7.48. The Balaban J connectivity index is 1.37. The van der Waals surface area contributed by atoms with E-state index in [9.17, 15) is 0 Å². The zero-order valence-corrected chi connectivity index (χ0v) is 25.6. The molecule has 3 heteroatoms. The van der Waals surface area contributed by atoms with E-state index >= 15 is 0 Å². The highest BCUT2D eigenvalue weighted by atomic mass is 31.1. The standard InChI is InChI=1S/C39H32OP2/c1-28-15-12-13-23-37(28)42(32-20-10-5-11-21-32)38-24-14-22-35-29(2)34-26-25-33(27-36(34)40-39(35)38)41(30-16-6-3-7-17-30)31-18-8-4-9-19-31/h3-27,29H,1-2H3. The molecule has 0 aromatic heterocycles. The minimum absolute atomic E-state index is 0.238. The highest BCUT2D eigenvalue weighted by molar-refractivity contribution is 7.80. The van der Waals surface area contributed by atoms with Crippen LogP contribution in [0.5, 0.6) is 11.5 Å². The Morgan fingerprint density at radius 1 is 0.476 bits per heavy atom. The molecule has 7 rings (SSSR count). The molecular formula is C39H32OP2. The first kappa shape index (κ1) is 26.9. The summed E-state index contributed by atoms with van der Waals surface area (Å²) < 4.78 is 7.03. The monoisotopic (exact) mass is 578 g/mol. The average molecular weight is 579 g/mol. The van der Waals surface area contributed by atoms with Crippen molar-refractivity contribution in [1.29, 1.82) is 0 Å². The van der Waals surface area contributed by atoms with Crippen LogP contribution >= 0.6 is 15.8 Å². The van der Waals surface area contributed by atoms with Gasteiger partial charge >= 0.3 is 0 Å². The second kappa shape index (κ2) is 11.7. The van der Waals surface area contributed by atoms with Crippen LogP contribution in [-0.4, -0.2) is 0 Å². The lowest BCUT2D eigenvalue weighted by Gasteiger charge is -2.31. The Morgan fingerprint density at radius 3 is 1.64 bits per heavy atom. The van der Waals surface area contributed by atoms with Crippen LogP contribution in [0.2, 0.25) is 0 Å². The first-order valence-corrected chi connectivity index (χ1v) is 17.1. The average Bonchev–Trinajstić information content (AvgIpc) is 3.04. The quantitative estimate of drug-likeness (QED) is 0.184. The molecule has 0 spiro atoms. The third kappa shape index (κ3) is 4.98. The van der Waals surface area contributed by atoms with Crippen molar-refractivity contribution in [2.75, 3.05) is 0 Å². The first-order valence-electron chi connectivity index (χ1n) is 14.4. The second-order valence-corrected chi connectivity index (χ2v) is 15.1. The zero-order chi connectivity index (χ0) is 28.5. The third-order valence-electron chi connectivity index (χ3n) is 8.07. The molecule has 1 aliphatic rings. The van der Waals surface area contributed by atoms with Crippen molar-refractivity contribution >= 4 is 47.7 Å². The normalized spacial score (nSPS) is 14.5. The highest BCUT2D eigenvalue weighted by Crippen LogP contribution is 2.48. The predicted octanol–water partition coefficient (Wildman–Crippen LogP) is 7.77. The Labute approximate surface area is 251 Å². The van der Waals surface area contributed by atoms with E-state index in [2.05, 4.69) is 166 Å². The van der Waals surface area contributed by atoms with Gasteiger partial charge < -0.3 is 4.74 Å². The number of hydrogen-bond donors (Lipinski definition) is 0. The van der Waals surface area contributed by atoms with Gasteiger partial charge in [0.2, 0.25) is 0 Å². The maximum absolute atomic E-state index is 7.03. The smallest absolute Gasteiger partial charge is 0.139 e. The Morgan fingerprint density at radius 2 is 1.02 bits per heavy atom. The summed E-state index contributed by atoms with van der Waals surface area (Å²) in [5.41, 5.74) is 3.82. The fourth-order valence-corrected chi connectivity index (χ4v) is 10.8. The van der Waals surface area contributed by atoms with Gasteiger partial charge in [0.1, 0.15) is 11.5 Å². The minimum atomic E-state index is -0.803. The maximum Gasteiger partial charge on any atom is 0.139 e. The number of hydrogen-bond acceptors (Lipinski definition) is 1. The molecule has 1 nitrogen and oxygen atoms in total. The SMILES string of the molecule is Cc1ccccc1P(c1ccccc1)c1cccc2c1Oc1cc(P(c3ccccc3)c3ccccc3)ccc1C2C. The largest absolute Gasteiger partial charge is 0.456 e. The molecule has 0 aliphatic carbocycles. The van der Waals surface area contributed by atoms with E-state index in [1.165, 1.54) is 48.5 Å². The van der Waals surface area contributed by atoms with Gasteiger partial charge in [-0.15, -0.1) is 0 Å². The van der Waals surface area contributed by atoms with Gasteiger partial charge in [-0.2, -0.15) is 0 Å². The maximum atomic E-state index is 7.03. The van der Waals surface area contributed by atoms with E-state index in [1.807, 2.05) is 0 Å². The molecule has 1 heterocycles. The lowest BCUT2D eigenvalue weighted by Crippen LogP contribution is -2.26. The molecule has 0 N–H and O–H groups in total. The molecule has 0 radical (unpaired) electrons. The number of benzene rings is 6. The molecule has 2 unspecified atom stereocenters. The second-order valence-electron chi connectivity index (χ2n) is 10.7. The number of para-hydroxylation sites is 1. The fourth-order valence-electron chi connectivity index (χ4n) is 5.96. The van der Waals surface area contributed by atoms with Crippen molar-refractivity contribution < 1.29 is 4.74 Å². The topological polar surface area (TPSA) is 9.23 Å². The van der Waals surface area contributed by atoms with Crippen molar-refractivity contribution in [3.05, 3.63) is 168 Å². The summed E-state index contributed by atoms with van der Waals surface area (Å²) in [4.78, 5) is 0. The molecule has 6 aromatic rings. The lowest BCUT2D eigenvalue weighted by molar-refractivity contribution is 0.454. The Bertz CT molecular complexity index is 1790. The van der Waals surface area contributed by atoms with Crippen LogP contribution in [0.1, 0.15) is 29.5 Å². The molecule has 0 bridgehead atoms. The van der Waals surface area contributed by atoms with Crippen LogP contribution in [0.25, 0.3) is 0 Å². The van der Waals surface area contributed by atoms with Gasteiger partial charge in [-0.3, -0.25) is 0 Å². The first-order chi connectivity index (χ1) is 20.7. The van der Waals surface area contributed by atoms with Crippen LogP contribution < -0.4 is 36.6 Å². The summed E-state index contributed by atoms with van der Waals surface area (Å²) in [6.07, 6.45) is 0. The van der Waals surface area contributed by atoms with E-state index in [0.29, 0.717) is 0 Å². The molecule has 0 saturated carbocycles. The van der Waals surface area contributed by atoms with E-state index in [1.54, 1.807) is 0 Å². The molecule has 0 fully saturated rings.